The number of aromatic nitrogens is 2. The molecule has 0 bridgehead atoms. The van der Waals surface area contributed by atoms with E-state index < -0.39 is 0 Å². The van der Waals surface area contributed by atoms with Crippen molar-refractivity contribution in [2.24, 2.45) is 0 Å². The van der Waals surface area contributed by atoms with Gasteiger partial charge in [-0.25, -0.2) is 4.98 Å². The van der Waals surface area contributed by atoms with Crippen LogP contribution >= 0.6 is 11.6 Å². The van der Waals surface area contributed by atoms with Crippen molar-refractivity contribution < 1.29 is 0 Å². The molecule has 19 heavy (non-hydrogen) atoms. The third kappa shape index (κ3) is 3.50. The smallest absolute Gasteiger partial charge is 0.224 e. The molecule has 106 valence electrons. The van der Waals surface area contributed by atoms with Crippen molar-refractivity contribution in [1.82, 2.24) is 9.97 Å². The Bertz CT molecular complexity index is 408. The lowest BCUT2D eigenvalue weighted by atomic mass is 9.98. The Kier molecular flexibility index (Phi) is 5.25. The monoisotopic (exact) mass is 282 g/mol. The maximum atomic E-state index is 6.30. The quantitative estimate of drug-likeness (QED) is 0.894. The summed E-state index contributed by atoms with van der Waals surface area (Å²) in [5.41, 5.74) is 0. The van der Waals surface area contributed by atoms with Gasteiger partial charge >= 0.3 is 0 Å². The van der Waals surface area contributed by atoms with E-state index in [0.29, 0.717) is 17.0 Å². The van der Waals surface area contributed by atoms with E-state index in [2.05, 4.69) is 27.1 Å². The standard InChI is InChI=1S/C14H23ClN4/c1-3-7-11-8-5-6-9-19(11)13-12(15)10-17-14(18-13)16-4-2/h10-11H,3-9H2,1-2H3,(H,16,17,18). The summed E-state index contributed by atoms with van der Waals surface area (Å²) >= 11 is 6.30. The zero-order valence-electron chi connectivity index (χ0n) is 11.8. The SMILES string of the molecule is CCCC1CCCCN1c1nc(NCC)ncc1Cl. The highest BCUT2D eigenvalue weighted by Crippen LogP contribution is 2.31. The second kappa shape index (κ2) is 6.94. The summed E-state index contributed by atoms with van der Waals surface area (Å²) < 4.78 is 0. The predicted octanol–water partition coefficient (Wildman–Crippen LogP) is 3.72. The van der Waals surface area contributed by atoms with Crippen LogP contribution in [0.1, 0.15) is 46.0 Å². The van der Waals surface area contributed by atoms with Crippen molar-refractivity contribution in [2.45, 2.75) is 52.0 Å². The molecule has 0 amide bonds. The average Bonchev–Trinajstić information content (AvgIpc) is 2.42. The van der Waals surface area contributed by atoms with Crippen LogP contribution in [0.5, 0.6) is 0 Å². The van der Waals surface area contributed by atoms with Gasteiger partial charge in [0.2, 0.25) is 5.95 Å². The first-order valence-corrected chi connectivity index (χ1v) is 7.67. The first-order valence-electron chi connectivity index (χ1n) is 7.29. The summed E-state index contributed by atoms with van der Waals surface area (Å²) in [6.07, 6.45) is 7.88. The highest BCUT2D eigenvalue weighted by atomic mass is 35.5. The van der Waals surface area contributed by atoms with Gasteiger partial charge in [0, 0.05) is 19.1 Å². The summed E-state index contributed by atoms with van der Waals surface area (Å²) in [7, 11) is 0. The molecule has 1 aromatic heterocycles. The maximum absolute atomic E-state index is 6.30. The fraction of sp³-hybridized carbons (Fsp3) is 0.714. The van der Waals surface area contributed by atoms with Crippen LogP contribution in [0.3, 0.4) is 0 Å². The Morgan fingerprint density at radius 1 is 1.42 bits per heavy atom. The largest absolute Gasteiger partial charge is 0.354 e. The van der Waals surface area contributed by atoms with Crippen LogP contribution in [-0.2, 0) is 0 Å². The number of hydrogen-bond acceptors (Lipinski definition) is 4. The molecule has 2 rings (SSSR count). The molecule has 1 aliphatic heterocycles. The Balaban J connectivity index is 2.24. The van der Waals surface area contributed by atoms with Crippen LogP contribution in [0.15, 0.2) is 6.20 Å². The Morgan fingerprint density at radius 3 is 3.00 bits per heavy atom. The number of nitrogens with zero attached hydrogens (tertiary/aromatic N) is 3. The van der Waals surface area contributed by atoms with E-state index in [1.807, 2.05) is 6.92 Å². The molecular weight excluding hydrogens is 260 g/mol. The van der Waals surface area contributed by atoms with Crippen LogP contribution < -0.4 is 10.2 Å². The number of nitrogens with one attached hydrogen (secondary N) is 1. The lowest BCUT2D eigenvalue weighted by molar-refractivity contribution is 0.432. The molecule has 0 aliphatic carbocycles. The minimum Gasteiger partial charge on any atom is -0.354 e. The molecule has 1 aromatic rings. The molecule has 1 N–H and O–H groups in total. The summed E-state index contributed by atoms with van der Waals surface area (Å²) in [6.45, 7) is 6.14. The molecular formula is C14H23ClN4. The van der Waals surface area contributed by atoms with Crippen LogP contribution in [0.4, 0.5) is 11.8 Å². The molecule has 1 aliphatic rings. The topological polar surface area (TPSA) is 41.1 Å². The highest BCUT2D eigenvalue weighted by Gasteiger charge is 2.25. The lowest BCUT2D eigenvalue weighted by Crippen LogP contribution is -2.40. The van der Waals surface area contributed by atoms with Gasteiger partial charge in [-0.1, -0.05) is 24.9 Å². The Labute approximate surface area is 120 Å². The molecule has 0 spiro atoms. The van der Waals surface area contributed by atoms with E-state index in [1.165, 1.54) is 32.1 Å². The van der Waals surface area contributed by atoms with E-state index in [0.717, 1.165) is 18.9 Å². The predicted molar refractivity (Wildman–Crippen MR) is 81.1 cm³/mol. The molecule has 5 heteroatoms. The maximum Gasteiger partial charge on any atom is 0.224 e. The Hall–Kier alpha value is -1.03. The first kappa shape index (κ1) is 14.4. The number of halogens is 1. The van der Waals surface area contributed by atoms with Gasteiger partial charge in [-0.15, -0.1) is 0 Å². The zero-order valence-corrected chi connectivity index (χ0v) is 12.6. The molecule has 4 nitrogen and oxygen atoms in total. The van der Waals surface area contributed by atoms with Gasteiger partial charge in [0.15, 0.2) is 5.82 Å². The normalized spacial score (nSPS) is 19.5. The van der Waals surface area contributed by atoms with Crippen LogP contribution in [0, 0.1) is 0 Å². The van der Waals surface area contributed by atoms with Crippen molar-refractivity contribution >= 4 is 23.4 Å². The third-order valence-electron chi connectivity index (χ3n) is 3.58. The van der Waals surface area contributed by atoms with Gasteiger partial charge in [0.05, 0.1) is 6.20 Å². The van der Waals surface area contributed by atoms with Crippen molar-refractivity contribution in [1.29, 1.82) is 0 Å². The van der Waals surface area contributed by atoms with Crippen molar-refractivity contribution in [3.8, 4) is 0 Å². The van der Waals surface area contributed by atoms with E-state index in [4.69, 9.17) is 11.6 Å². The molecule has 1 unspecified atom stereocenters. The third-order valence-corrected chi connectivity index (χ3v) is 3.85. The van der Waals surface area contributed by atoms with Crippen LogP contribution in [-0.4, -0.2) is 29.1 Å². The molecule has 1 fully saturated rings. The van der Waals surface area contributed by atoms with Crippen LogP contribution in [0.2, 0.25) is 5.02 Å². The second-order valence-corrected chi connectivity index (χ2v) is 5.43. The van der Waals surface area contributed by atoms with E-state index in [1.54, 1.807) is 6.20 Å². The fourth-order valence-electron chi connectivity index (χ4n) is 2.72. The highest BCUT2D eigenvalue weighted by molar-refractivity contribution is 6.32. The number of anilines is 2. The molecule has 0 aromatic carbocycles. The molecule has 1 saturated heterocycles. The van der Waals surface area contributed by atoms with Gasteiger partial charge in [-0.3, -0.25) is 0 Å². The first-order chi connectivity index (χ1) is 9.26. The minimum atomic E-state index is 0.570. The minimum absolute atomic E-state index is 0.570. The number of rotatable bonds is 5. The Morgan fingerprint density at radius 2 is 2.26 bits per heavy atom. The van der Waals surface area contributed by atoms with Gasteiger partial charge < -0.3 is 10.2 Å². The van der Waals surface area contributed by atoms with E-state index in [9.17, 15) is 0 Å². The van der Waals surface area contributed by atoms with E-state index >= 15 is 0 Å². The molecule has 0 saturated carbocycles. The molecule has 0 radical (unpaired) electrons. The summed E-state index contributed by atoms with van der Waals surface area (Å²) in [5, 5.41) is 3.81. The molecule has 1 atom stereocenters. The second-order valence-electron chi connectivity index (χ2n) is 5.03. The van der Waals surface area contributed by atoms with Crippen LogP contribution in [0.25, 0.3) is 0 Å². The zero-order chi connectivity index (χ0) is 13.7. The van der Waals surface area contributed by atoms with Crippen molar-refractivity contribution in [2.75, 3.05) is 23.3 Å². The number of hydrogen-bond donors (Lipinski definition) is 1. The molecule has 2 heterocycles. The fourth-order valence-corrected chi connectivity index (χ4v) is 2.92. The average molecular weight is 283 g/mol. The van der Waals surface area contributed by atoms with Gasteiger partial charge in [0.25, 0.3) is 0 Å². The van der Waals surface area contributed by atoms with Gasteiger partial charge in [-0.05, 0) is 32.6 Å². The van der Waals surface area contributed by atoms with Gasteiger partial charge in [-0.2, -0.15) is 4.98 Å². The van der Waals surface area contributed by atoms with Crippen molar-refractivity contribution in [3.63, 3.8) is 0 Å². The summed E-state index contributed by atoms with van der Waals surface area (Å²) in [4.78, 5) is 11.2. The lowest BCUT2D eigenvalue weighted by Gasteiger charge is -2.37. The van der Waals surface area contributed by atoms with E-state index in [-0.39, 0.29) is 0 Å². The number of piperidine rings is 1. The summed E-state index contributed by atoms with van der Waals surface area (Å²) in [6, 6.07) is 0.570. The van der Waals surface area contributed by atoms with Gasteiger partial charge in [0.1, 0.15) is 5.02 Å². The summed E-state index contributed by atoms with van der Waals surface area (Å²) in [5.74, 6) is 1.56. The van der Waals surface area contributed by atoms with Crippen molar-refractivity contribution in [3.05, 3.63) is 11.2 Å².